The first-order valence-corrected chi connectivity index (χ1v) is 4.42. The van der Waals surface area contributed by atoms with Gasteiger partial charge in [0.15, 0.2) is 0 Å². The van der Waals surface area contributed by atoms with Crippen molar-refractivity contribution in [2.24, 2.45) is 5.73 Å². The average Bonchev–Trinajstić information content (AvgIpc) is 2.15. The normalized spacial score (nSPS) is 12.5. The summed E-state index contributed by atoms with van der Waals surface area (Å²) in [5.41, 5.74) is 7.02. The summed E-state index contributed by atoms with van der Waals surface area (Å²) in [5, 5.41) is 3.11. The van der Waals surface area contributed by atoms with E-state index in [9.17, 15) is 4.39 Å². The third-order valence-electron chi connectivity index (χ3n) is 1.84. The first-order valence-electron chi connectivity index (χ1n) is 4.42. The van der Waals surface area contributed by atoms with E-state index in [2.05, 4.69) is 5.32 Å². The summed E-state index contributed by atoms with van der Waals surface area (Å²) < 4.78 is 12.8. The summed E-state index contributed by atoms with van der Waals surface area (Å²) in [6, 6.07) is 7.29. The lowest BCUT2D eigenvalue weighted by molar-refractivity contribution is 0.374. The molecule has 0 radical (unpaired) electrons. The maximum atomic E-state index is 12.8. The van der Waals surface area contributed by atoms with Crippen molar-refractivity contribution in [3.05, 3.63) is 29.8 Å². The average molecular weight is 182 g/mol. The molecule has 0 aliphatic heterocycles. The van der Waals surface area contributed by atoms with E-state index in [0.717, 1.165) is 12.2 Å². The lowest BCUT2D eigenvalue weighted by Crippen LogP contribution is -2.12. The second-order valence-electron chi connectivity index (χ2n) is 2.95. The van der Waals surface area contributed by atoms with Gasteiger partial charge in [-0.05, 0) is 24.6 Å². The maximum absolute atomic E-state index is 12.8. The van der Waals surface area contributed by atoms with Crippen LogP contribution in [0.3, 0.4) is 0 Å². The quantitative estimate of drug-likeness (QED) is 0.748. The number of hydrogen-bond acceptors (Lipinski definition) is 2. The Balaban J connectivity index is 2.59. The molecule has 0 heterocycles. The number of hydrogen-bond donors (Lipinski definition) is 2. The maximum Gasteiger partial charge on any atom is 0.122 e. The molecule has 0 aliphatic carbocycles. The van der Waals surface area contributed by atoms with Gasteiger partial charge >= 0.3 is 0 Å². The summed E-state index contributed by atoms with van der Waals surface area (Å²) in [5.74, 6) is 0. The summed E-state index contributed by atoms with van der Waals surface area (Å²) in [4.78, 5) is 0. The molecule has 0 aromatic heterocycles. The minimum atomic E-state index is -0.899. The summed E-state index contributed by atoms with van der Waals surface area (Å²) in [6.07, 6.45) is -0.899. The predicted octanol–water partition coefficient (Wildman–Crippen LogP) is 2.09. The van der Waals surface area contributed by atoms with Crippen LogP contribution in [0, 0.1) is 0 Å². The largest absolute Gasteiger partial charge is 0.384 e. The first-order chi connectivity index (χ1) is 6.24. The second kappa shape index (κ2) is 4.82. The van der Waals surface area contributed by atoms with Gasteiger partial charge in [-0.15, -0.1) is 0 Å². The van der Waals surface area contributed by atoms with Crippen molar-refractivity contribution in [2.45, 2.75) is 13.1 Å². The van der Waals surface area contributed by atoms with Crippen molar-refractivity contribution in [1.82, 2.24) is 0 Å². The number of alkyl halides is 1. The van der Waals surface area contributed by atoms with E-state index in [1.165, 1.54) is 6.92 Å². The van der Waals surface area contributed by atoms with Crippen LogP contribution in [0.25, 0.3) is 0 Å². The van der Waals surface area contributed by atoms with E-state index in [0.29, 0.717) is 12.1 Å². The lowest BCUT2D eigenvalue weighted by Gasteiger charge is -2.06. The van der Waals surface area contributed by atoms with Crippen LogP contribution in [0.15, 0.2) is 24.3 Å². The molecule has 0 saturated heterocycles. The molecule has 3 N–H and O–H groups in total. The zero-order chi connectivity index (χ0) is 9.68. The molecule has 0 fully saturated rings. The Bertz CT molecular complexity index is 244. The molecule has 1 aromatic carbocycles. The highest BCUT2D eigenvalue weighted by Crippen LogP contribution is 2.18. The second-order valence-corrected chi connectivity index (χ2v) is 2.95. The molecule has 13 heavy (non-hydrogen) atoms. The number of nitrogens with two attached hydrogens (primary N) is 1. The SMILES string of the molecule is CC(F)c1ccc(NCCN)cc1. The molecule has 1 atom stereocenters. The van der Waals surface area contributed by atoms with Crippen molar-refractivity contribution in [1.29, 1.82) is 0 Å². The van der Waals surface area contributed by atoms with Crippen LogP contribution in [0.4, 0.5) is 10.1 Å². The molecular formula is C10H15FN2. The smallest absolute Gasteiger partial charge is 0.122 e. The van der Waals surface area contributed by atoms with E-state index in [1.807, 2.05) is 12.1 Å². The first kappa shape index (κ1) is 9.99. The van der Waals surface area contributed by atoms with E-state index < -0.39 is 6.17 Å². The van der Waals surface area contributed by atoms with Crippen LogP contribution in [0.2, 0.25) is 0 Å². The Hall–Kier alpha value is -1.09. The molecule has 0 aliphatic rings. The van der Waals surface area contributed by atoms with Crippen LogP contribution in [0.1, 0.15) is 18.7 Å². The molecule has 0 saturated carbocycles. The zero-order valence-corrected chi connectivity index (χ0v) is 7.76. The topological polar surface area (TPSA) is 38.0 Å². The van der Waals surface area contributed by atoms with E-state index in [4.69, 9.17) is 5.73 Å². The molecular weight excluding hydrogens is 167 g/mol. The molecule has 2 nitrogen and oxygen atoms in total. The minimum Gasteiger partial charge on any atom is -0.384 e. The summed E-state index contributed by atoms with van der Waals surface area (Å²) >= 11 is 0. The van der Waals surface area contributed by atoms with Crippen molar-refractivity contribution >= 4 is 5.69 Å². The van der Waals surface area contributed by atoms with Gasteiger partial charge in [0.05, 0.1) is 0 Å². The third-order valence-corrected chi connectivity index (χ3v) is 1.84. The molecule has 1 unspecified atom stereocenters. The molecule has 0 bridgehead atoms. The van der Waals surface area contributed by atoms with Gasteiger partial charge in [-0.25, -0.2) is 4.39 Å². The van der Waals surface area contributed by atoms with Gasteiger partial charge in [-0.2, -0.15) is 0 Å². The number of anilines is 1. The Morgan fingerprint density at radius 2 is 2.00 bits per heavy atom. The zero-order valence-electron chi connectivity index (χ0n) is 7.76. The highest BCUT2D eigenvalue weighted by Gasteiger charge is 2.00. The fourth-order valence-electron chi connectivity index (χ4n) is 1.08. The predicted molar refractivity (Wildman–Crippen MR) is 53.5 cm³/mol. The number of nitrogens with one attached hydrogen (secondary N) is 1. The van der Waals surface area contributed by atoms with Crippen molar-refractivity contribution in [2.75, 3.05) is 18.4 Å². The highest BCUT2D eigenvalue weighted by molar-refractivity contribution is 5.44. The van der Waals surface area contributed by atoms with Crippen LogP contribution in [-0.4, -0.2) is 13.1 Å². The molecule has 72 valence electrons. The highest BCUT2D eigenvalue weighted by atomic mass is 19.1. The Morgan fingerprint density at radius 3 is 2.46 bits per heavy atom. The van der Waals surface area contributed by atoms with E-state index >= 15 is 0 Å². The van der Waals surface area contributed by atoms with Gasteiger partial charge < -0.3 is 11.1 Å². The van der Waals surface area contributed by atoms with Gasteiger partial charge in [-0.3, -0.25) is 0 Å². The number of halogens is 1. The molecule has 1 aromatic rings. The van der Waals surface area contributed by atoms with Crippen molar-refractivity contribution in [3.63, 3.8) is 0 Å². The molecule has 0 spiro atoms. The van der Waals surface area contributed by atoms with Crippen molar-refractivity contribution < 1.29 is 4.39 Å². The van der Waals surface area contributed by atoms with Crippen LogP contribution >= 0.6 is 0 Å². The fourth-order valence-corrected chi connectivity index (χ4v) is 1.08. The van der Waals surface area contributed by atoms with Gasteiger partial charge in [-0.1, -0.05) is 12.1 Å². The number of benzene rings is 1. The Morgan fingerprint density at radius 1 is 1.38 bits per heavy atom. The number of rotatable bonds is 4. The van der Waals surface area contributed by atoms with Gasteiger partial charge in [0.2, 0.25) is 0 Å². The van der Waals surface area contributed by atoms with Gasteiger partial charge in [0.25, 0.3) is 0 Å². The van der Waals surface area contributed by atoms with Gasteiger partial charge in [0.1, 0.15) is 6.17 Å². The standard InChI is InChI=1S/C10H15FN2/c1-8(11)9-2-4-10(5-3-9)13-7-6-12/h2-5,8,13H,6-7,12H2,1H3. The molecule has 1 rings (SSSR count). The Kier molecular flexibility index (Phi) is 3.71. The van der Waals surface area contributed by atoms with E-state index in [-0.39, 0.29) is 0 Å². The third kappa shape index (κ3) is 3.03. The molecule has 3 heteroatoms. The van der Waals surface area contributed by atoms with Gasteiger partial charge in [0, 0.05) is 18.8 Å². The molecule has 0 amide bonds. The van der Waals surface area contributed by atoms with E-state index in [1.54, 1.807) is 12.1 Å². The minimum absolute atomic E-state index is 0.598. The van der Waals surface area contributed by atoms with Crippen molar-refractivity contribution in [3.8, 4) is 0 Å². The summed E-state index contributed by atoms with van der Waals surface area (Å²) in [7, 11) is 0. The summed E-state index contributed by atoms with van der Waals surface area (Å²) in [6.45, 7) is 2.87. The van der Waals surface area contributed by atoms with Crippen LogP contribution < -0.4 is 11.1 Å². The Labute approximate surface area is 77.9 Å². The lowest BCUT2D eigenvalue weighted by atomic mass is 10.1. The monoisotopic (exact) mass is 182 g/mol. The van der Waals surface area contributed by atoms with Crippen LogP contribution in [-0.2, 0) is 0 Å². The fraction of sp³-hybridized carbons (Fsp3) is 0.400. The van der Waals surface area contributed by atoms with Crippen LogP contribution in [0.5, 0.6) is 0 Å².